The third-order valence-corrected chi connectivity index (χ3v) is 2.65. The fourth-order valence-corrected chi connectivity index (χ4v) is 1.44. The van der Waals surface area contributed by atoms with Gasteiger partial charge in [-0.2, -0.15) is 0 Å². The number of quaternary nitrogens is 1. The Morgan fingerprint density at radius 2 is 1.50 bits per heavy atom. The van der Waals surface area contributed by atoms with E-state index in [2.05, 4.69) is 0 Å². The summed E-state index contributed by atoms with van der Waals surface area (Å²) in [6, 6.07) is 0. The first-order chi connectivity index (χ1) is 6.52. The molecular formula is C10H17NO3. The van der Waals surface area contributed by atoms with Gasteiger partial charge in [0, 0.05) is 6.08 Å². The van der Waals surface area contributed by atoms with E-state index >= 15 is 0 Å². The number of carboxylic acid groups (broad SMARTS) is 1. The van der Waals surface area contributed by atoms with E-state index in [1.54, 1.807) is 0 Å². The zero-order valence-corrected chi connectivity index (χ0v) is 8.95. The molecule has 4 nitrogen and oxygen atoms in total. The molecule has 0 atom stereocenters. The van der Waals surface area contributed by atoms with Crippen molar-refractivity contribution in [2.24, 2.45) is 0 Å². The van der Waals surface area contributed by atoms with Gasteiger partial charge in [-0.3, -0.25) is 4.48 Å². The van der Waals surface area contributed by atoms with Crippen molar-refractivity contribution in [3.63, 3.8) is 0 Å². The summed E-state index contributed by atoms with van der Waals surface area (Å²) in [5.74, 6) is -1.51. The van der Waals surface area contributed by atoms with Gasteiger partial charge in [-0.05, 0) is 26.8 Å². The number of rotatable bonds is 5. The Morgan fingerprint density at radius 1 is 1.07 bits per heavy atom. The van der Waals surface area contributed by atoms with Crippen LogP contribution in [0, 0.1) is 0 Å². The lowest BCUT2D eigenvalue weighted by atomic mass is 10.3. The first kappa shape index (κ1) is 12.8. The van der Waals surface area contributed by atoms with Crippen LogP contribution in [0.5, 0.6) is 0 Å². The van der Waals surface area contributed by atoms with E-state index in [1.807, 2.05) is 20.8 Å². The van der Waals surface area contributed by atoms with E-state index in [4.69, 9.17) is 0 Å². The number of nitrogens with zero attached hydrogens (tertiary/aromatic N) is 1. The maximum Gasteiger partial charge on any atom is 0.338 e. The Kier molecular flexibility index (Phi) is 5.09. The number of hydrogen-bond donors (Lipinski definition) is 0. The monoisotopic (exact) mass is 199 g/mol. The van der Waals surface area contributed by atoms with Crippen LogP contribution in [-0.4, -0.2) is 36.0 Å². The molecule has 0 radical (unpaired) electrons. The summed E-state index contributed by atoms with van der Waals surface area (Å²) in [6.07, 6.45) is 1.88. The molecule has 14 heavy (non-hydrogen) atoms. The smallest absolute Gasteiger partial charge is 0.338 e. The summed E-state index contributed by atoms with van der Waals surface area (Å²) in [7, 11) is 0. The molecule has 1 amide bonds. The minimum absolute atomic E-state index is 0.179. The molecule has 4 heteroatoms. The van der Waals surface area contributed by atoms with E-state index in [-0.39, 0.29) is 10.4 Å². The van der Waals surface area contributed by atoms with Gasteiger partial charge in [0.1, 0.15) is 0 Å². The molecule has 0 rings (SSSR count). The maximum absolute atomic E-state index is 11.7. The van der Waals surface area contributed by atoms with Gasteiger partial charge in [-0.25, -0.2) is 4.79 Å². The van der Waals surface area contributed by atoms with Gasteiger partial charge in [-0.1, -0.05) is 0 Å². The van der Waals surface area contributed by atoms with E-state index in [9.17, 15) is 14.7 Å². The molecule has 0 unspecified atom stereocenters. The van der Waals surface area contributed by atoms with Crippen LogP contribution >= 0.6 is 0 Å². The lowest BCUT2D eigenvalue weighted by Gasteiger charge is -2.31. The lowest BCUT2D eigenvalue weighted by molar-refractivity contribution is -0.846. The summed E-state index contributed by atoms with van der Waals surface area (Å²) < 4.78 is 0.282. The molecule has 0 N–H and O–H groups in total. The second-order valence-corrected chi connectivity index (χ2v) is 3.08. The molecule has 0 aliphatic carbocycles. The Labute approximate surface area is 84.4 Å². The van der Waals surface area contributed by atoms with Crippen LogP contribution in [0.4, 0.5) is 0 Å². The highest BCUT2D eigenvalue weighted by Gasteiger charge is 2.28. The first-order valence-electron chi connectivity index (χ1n) is 4.82. The summed E-state index contributed by atoms with van der Waals surface area (Å²) >= 11 is 0. The van der Waals surface area contributed by atoms with Crippen molar-refractivity contribution < 1.29 is 19.2 Å². The quantitative estimate of drug-likeness (QED) is 0.451. The Hall–Kier alpha value is -1.16. The van der Waals surface area contributed by atoms with Crippen molar-refractivity contribution in [1.29, 1.82) is 0 Å². The SMILES string of the molecule is CC[N+](CC)(CC)C(=O)/C=C\C(=O)[O-]. The molecule has 0 aliphatic rings. The molecule has 0 aliphatic heterocycles. The predicted octanol–water partition coefficient (Wildman–Crippen LogP) is -0.304. The van der Waals surface area contributed by atoms with Crippen LogP contribution in [0.15, 0.2) is 12.2 Å². The molecule has 80 valence electrons. The highest BCUT2D eigenvalue weighted by Crippen LogP contribution is 2.07. The minimum Gasteiger partial charge on any atom is -0.545 e. The van der Waals surface area contributed by atoms with E-state index in [1.165, 1.54) is 0 Å². The lowest BCUT2D eigenvalue weighted by Crippen LogP contribution is -2.51. The van der Waals surface area contributed by atoms with Crippen LogP contribution in [0.2, 0.25) is 0 Å². The number of carbonyl (C=O) groups excluding carboxylic acids is 2. The zero-order chi connectivity index (χ0) is 11.2. The molecule has 0 fully saturated rings. The van der Waals surface area contributed by atoms with E-state index < -0.39 is 5.97 Å². The topological polar surface area (TPSA) is 57.2 Å². The first-order valence-corrected chi connectivity index (χ1v) is 4.82. The van der Waals surface area contributed by atoms with Crippen molar-refractivity contribution in [2.45, 2.75) is 20.8 Å². The maximum atomic E-state index is 11.7. The number of carbonyl (C=O) groups is 2. The van der Waals surface area contributed by atoms with Gasteiger partial charge < -0.3 is 9.90 Å². The Bertz CT molecular complexity index is 233. The molecule has 0 saturated heterocycles. The highest BCUT2D eigenvalue weighted by atomic mass is 16.4. The van der Waals surface area contributed by atoms with Gasteiger partial charge >= 0.3 is 5.91 Å². The van der Waals surface area contributed by atoms with Crippen molar-refractivity contribution >= 4 is 11.9 Å². The number of aliphatic carboxylic acids is 1. The fourth-order valence-electron chi connectivity index (χ4n) is 1.44. The molecule has 0 saturated carbocycles. The highest BCUT2D eigenvalue weighted by molar-refractivity contribution is 5.89. The molecule has 0 heterocycles. The average molecular weight is 199 g/mol. The predicted molar refractivity (Wildman–Crippen MR) is 51.0 cm³/mol. The van der Waals surface area contributed by atoms with Crippen molar-refractivity contribution in [3.8, 4) is 0 Å². The van der Waals surface area contributed by atoms with Gasteiger partial charge in [0.15, 0.2) is 0 Å². The second kappa shape index (κ2) is 5.54. The average Bonchev–Trinajstić information content (AvgIpc) is 2.18. The summed E-state index contributed by atoms with van der Waals surface area (Å²) in [4.78, 5) is 21.8. The summed E-state index contributed by atoms with van der Waals surface area (Å²) in [6.45, 7) is 7.75. The van der Waals surface area contributed by atoms with Crippen molar-refractivity contribution in [3.05, 3.63) is 12.2 Å². The summed E-state index contributed by atoms with van der Waals surface area (Å²) in [5, 5.41) is 10.1. The fraction of sp³-hybridized carbons (Fsp3) is 0.600. The van der Waals surface area contributed by atoms with Crippen LogP contribution in [0.3, 0.4) is 0 Å². The normalized spacial score (nSPS) is 11.9. The minimum atomic E-state index is -1.33. The van der Waals surface area contributed by atoms with Crippen LogP contribution in [-0.2, 0) is 9.59 Å². The Morgan fingerprint density at radius 3 is 1.79 bits per heavy atom. The molecule has 0 spiro atoms. The van der Waals surface area contributed by atoms with Gasteiger partial charge in [-0.15, -0.1) is 0 Å². The molecule has 0 aromatic rings. The largest absolute Gasteiger partial charge is 0.545 e. The molecule has 0 aromatic carbocycles. The number of amides is 1. The van der Waals surface area contributed by atoms with E-state index in [0.29, 0.717) is 19.6 Å². The van der Waals surface area contributed by atoms with Gasteiger partial charge in [0.2, 0.25) is 0 Å². The zero-order valence-electron chi connectivity index (χ0n) is 8.95. The third-order valence-electron chi connectivity index (χ3n) is 2.65. The van der Waals surface area contributed by atoms with Crippen LogP contribution in [0.1, 0.15) is 20.8 Å². The summed E-state index contributed by atoms with van der Waals surface area (Å²) in [5.41, 5.74) is 0. The molecule has 0 bridgehead atoms. The van der Waals surface area contributed by atoms with Crippen LogP contribution < -0.4 is 5.11 Å². The van der Waals surface area contributed by atoms with Crippen molar-refractivity contribution in [1.82, 2.24) is 0 Å². The van der Waals surface area contributed by atoms with Crippen molar-refractivity contribution in [2.75, 3.05) is 19.6 Å². The molecular weight excluding hydrogens is 182 g/mol. The third kappa shape index (κ3) is 2.96. The molecule has 0 aromatic heterocycles. The van der Waals surface area contributed by atoms with E-state index in [0.717, 1.165) is 12.2 Å². The number of carboxylic acids is 1. The van der Waals surface area contributed by atoms with Gasteiger partial charge in [0.25, 0.3) is 0 Å². The van der Waals surface area contributed by atoms with Gasteiger partial charge in [0.05, 0.1) is 25.6 Å². The standard InChI is InChI=1S/C10H17NO3/c1-4-11(5-2,6-3)9(12)7-8-10(13)14/h7-8H,4-6H2,1-3H3/b8-7-. The van der Waals surface area contributed by atoms with Crippen LogP contribution in [0.25, 0.3) is 0 Å². The number of hydrogen-bond acceptors (Lipinski definition) is 3. The Balaban J connectivity index is 4.68. The second-order valence-electron chi connectivity index (χ2n) is 3.08. The number of likely N-dealkylation sites (N-methyl/N-ethyl adjacent to an activating group) is 1.